The van der Waals surface area contributed by atoms with E-state index in [0.29, 0.717) is 17.7 Å². The first kappa shape index (κ1) is 14.3. The third-order valence-electron chi connectivity index (χ3n) is 3.97. The van der Waals surface area contributed by atoms with Gasteiger partial charge in [-0.1, -0.05) is 29.8 Å². The van der Waals surface area contributed by atoms with E-state index in [9.17, 15) is 9.90 Å². The summed E-state index contributed by atoms with van der Waals surface area (Å²) in [5.74, 6) is 0.303. The maximum Gasteiger partial charge on any atom is 0.169 e. The minimum absolute atomic E-state index is 0.0248. The van der Waals surface area contributed by atoms with Crippen LogP contribution in [0.15, 0.2) is 58.4 Å². The number of furan rings is 1. The van der Waals surface area contributed by atoms with Crippen molar-refractivity contribution in [1.29, 1.82) is 5.41 Å². The first-order chi connectivity index (χ1) is 10.6. The van der Waals surface area contributed by atoms with Gasteiger partial charge in [-0.15, -0.1) is 0 Å². The first-order valence-electron chi connectivity index (χ1n) is 7.21. The van der Waals surface area contributed by atoms with Gasteiger partial charge in [-0.25, -0.2) is 0 Å². The van der Waals surface area contributed by atoms with E-state index in [-0.39, 0.29) is 35.2 Å². The van der Waals surface area contributed by atoms with Crippen molar-refractivity contribution in [2.24, 2.45) is 0 Å². The first-order valence-corrected chi connectivity index (χ1v) is 7.21. The lowest BCUT2D eigenvalue weighted by atomic mass is 9.82. The maximum absolute atomic E-state index is 12.4. The minimum atomic E-state index is -0.212. The molecule has 0 bridgehead atoms. The van der Waals surface area contributed by atoms with E-state index in [0.717, 1.165) is 5.56 Å². The number of aliphatic hydroxyl groups is 1. The number of carbonyl (C=O) groups excluding carboxylic acids is 1. The molecule has 4 heteroatoms. The quantitative estimate of drug-likeness (QED) is 0.843. The number of ketones is 1. The van der Waals surface area contributed by atoms with Crippen LogP contribution in [0.3, 0.4) is 0 Å². The molecule has 1 unspecified atom stereocenters. The van der Waals surface area contributed by atoms with E-state index in [1.807, 2.05) is 25.1 Å². The number of hydrogen-bond acceptors (Lipinski definition) is 4. The summed E-state index contributed by atoms with van der Waals surface area (Å²) in [5.41, 5.74) is 1.94. The van der Waals surface area contributed by atoms with Gasteiger partial charge in [0.1, 0.15) is 11.5 Å². The fourth-order valence-corrected chi connectivity index (χ4v) is 2.77. The van der Waals surface area contributed by atoms with Crippen LogP contribution < -0.4 is 0 Å². The van der Waals surface area contributed by atoms with E-state index < -0.39 is 0 Å². The van der Waals surface area contributed by atoms with E-state index in [1.54, 1.807) is 24.5 Å². The van der Waals surface area contributed by atoms with Crippen LogP contribution in [0, 0.1) is 12.3 Å². The van der Waals surface area contributed by atoms with Crippen LogP contribution >= 0.6 is 0 Å². The molecule has 1 atom stereocenters. The highest BCUT2D eigenvalue weighted by Crippen LogP contribution is 2.34. The highest BCUT2D eigenvalue weighted by molar-refractivity contribution is 6.28. The Morgan fingerprint density at radius 3 is 2.55 bits per heavy atom. The molecule has 1 aromatic carbocycles. The molecule has 0 aliphatic heterocycles. The van der Waals surface area contributed by atoms with Gasteiger partial charge in [0.2, 0.25) is 0 Å². The van der Waals surface area contributed by atoms with Crippen molar-refractivity contribution >= 4 is 11.5 Å². The number of rotatable bonds is 3. The Hall–Kier alpha value is -2.62. The van der Waals surface area contributed by atoms with Crippen molar-refractivity contribution in [1.82, 2.24) is 0 Å². The number of nitrogens with one attached hydrogen (secondary N) is 1. The molecule has 1 heterocycles. The Labute approximate surface area is 128 Å². The van der Waals surface area contributed by atoms with Gasteiger partial charge in [0.25, 0.3) is 0 Å². The van der Waals surface area contributed by atoms with Gasteiger partial charge in [0.15, 0.2) is 5.78 Å². The Balaban J connectivity index is 1.90. The standard InChI is InChI=1S/C18H17NO3/c1-11-4-6-12(7-5-11)18(19)17-14(20)9-13(10-15(17)21)16-3-2-8-22-16/h2-8,13,19-20H,9-10H2,1H3. The van der Waals surface area contributed by atoms with Gasteiger partial charge < -0.3 is 9.52 Å². The summed E-state index contributed by atoms with van der Waals surface area (Å²) in [6.45, 7) is 1.96. The zero-order chi connectivity index (χ0) is 15.7. The maximum atomic E-state index is 12.4. The second kappa shape index (κ2) is 5.64. The van der Waals surface area contributed by atoms with E-state index in [1.165, 1.54) is 0 Å². The van der Waals surface area contributed by atoms with Crippen LogP contribution in [0.4, 0.5) is 0 Å². The molecule has 1 aliphatic carbocycles. The minimum Gasteiger partial charge on any atom is -0.511 e. The molecule has 112 valence electrons. The molecule has 2 N–H and O–H groups in total. The molecule has 3 rings (SSSR count). The molecule has 0 fully saturated rings. The van der Waals surface area contributed by atoms with Gasteiger partial charge in [-0.2, -0.15) is 0 Å². The lowest BCUT2D eigenvalue weighted by Gasteiger charge is -2.22. The predicted octanol–water partition coefficient (Wildman–Crippen LogP) is 3.91. The van der Waals surface area contributed by atoms with E-state index >= 15 is 0 Å². The largest absolute Gasteiger partial charge is 0.511 e. The fraction of sp³-hybridized carbons (Fsp3) is 0.222. The van der Waals surface area contributed by atoms with E-state index in [2.05, 4.69) is 0 Å². The number of aliphatic hydroxyl groups excluding tert-OH is 1. The zero-order valence-electron chi connectivity index (χ0n) is 12.3. The molecule has 0 amide bonds. The van der Waals surface area contributed by atoms with E-state index in [4.69, 9.17) is 9.83 Å². The molecule has 22 heavy (non-hydrogen) atoms. The molecule has 4 nitrogen and oxygen atoms in total. The Bertz CT molecular complexity index is 739. The lowest BCUT2D eigenvalue weighted by molar-refractivity contribution is -0.116. The molecule has 0 spiro atoms. The summed E-state index contributed by atoms with van der Waals surface area (Å²) in [4.78, 5) is 12.4. The van der Waals surface area contributed by atoms with Gasteiger partial charge in [-0.05, 0) is 19.1 Å². The summed E-state index contributed by atoms with van der Waals surface area (Å²) in [5, 5.41) is 18.5. The number of allylic oxidation sites excluding steroid dienone is 2. The van der Waals surface area contributed by atoms with Crippen molar-refractivity contribution in [3.8, 4) is 0 Å². The smallest absolute Gasteiger partial charge is 0.169 e. The summed E-state index contributed by atoms with van der Waals surface area (Å²) < 4.78 is 5.32. The second-order valence-corrected chi connectivity index (χ2v) is 5.61. The summed E-state index contributed by atoms with van der Waals surface area (Å²) in [6, 6.07) is 10.9. The van der Waals surface area contributed by atoms with Crippen molar-refractivity contribution < 1.29 is 14.3 Å². The van der Waals surface area contributed by atoms with Gasteiger partial charge in [-0.3, -0.25) is 10.2 Å². The highest BCUT2D eigenvalue weighted by atomic mass is 16.3. The monoisotopic (exact) mass is 295 g/mol. The summed E-state index contributed by atoms with van der Waals surface area (Å²) >= 11 is 0. The van der Waals surface area contributed by atoms with Gasteiger partial charge in [0.05, 0.1) is 17.5 Å². The number of benzene rings is 1. The molecule has 1 aliphatic rings. The van der Waals surface area contributed by atoms with Gasteiger partial charge in [0, 0.05) is 24.3 Å². The van der Waals surface area contributed by atoms with Gasteiger partial charge >= 0.3 is 0 Å². The molecule has 2 aromatic rings. The fourth-order valence-electron chi connectivity index (χ4n) is 2.77. The number of hydrogen-bond donors (Lipinski definition) is 2. The number of carbonyl (C=O) groups is 1. The molecular weight excluding hydrogens is 278 g/mol. The highest BCUT2D eigenvalue weighted by Gasteiger charge is 2.32. The predicted molar refractivity (Wildman–Crippen MR) is 83.4 cm³/mol. The summed E-state index contributed by atoms with van der Waals surface area (Å²) in [6.07, 6.45) is 2.13. The molecule has 0 saturated heterocycles. The van der Waals surface area contributed by atoms with Crippen LogP contribution in [0.2, 0.25) is 0 Å². The Morgan fingerprint density at radius 2 is 1.95 bits per heavy atom. The molecule has 0 saturated carbocycles. The van der Waals surface area contributed by atoms with Crippen molar-refractivity contribution in [3.05, 3.63) is 70.9 Å². The van der Waals surface area contributed by atoms with Crippen LogP contribution in [0.5, 0.6) is 0 Å². The molecule has 1 aromatic heterocycles. The Morgan fingerprint density at radius 1 is 1.23 bits per heavy atom. The van der Waals surface area contributed by atoms with Crippen molar-refractivity contribution in [3.63, 3.8) is 0 Å². The third kappa shape index (κ3) is 2.60. The number of Topliss-reactive ketones (excluding diaryl/α,β-unsaturated/α-hetero) is 1. The SMILES string of the molecule is Cc1ccc(C(=N)C2=C(O)CC(c3ccco3)CC2=O)cc1. The van der Waals surface area contributed by atoms with Crippen LogP contribution in [-0.2, 0) is 4.79 Å². The van der Waals surface area contributed by atoms with Crippen molar-refractivity contribution in [2.75, 3.05) is 0 Å². The topological polar surface area (TPSA) is 74.3 Å². The average molecular weight is 295 g/mol. The summed E-state index contributed by atoms with van der Waals surface area (Å²) in [7, 11) is 0. The zero-order valence-corrected chi connectivity index (χ0v) is 12.3. The van der Waals surface area contributed by atoms with Crippen LogP contribution in [0.1, 0.15) is 35.6 Å². The van der Waals surface area contributed by atoms with Crippen LogP contribution in [0.25, 0.3) is 0 Å². The second-order valence-electron chi connectivity index (χ2n) is 5.61. The normalized spacial score (nSPS) is 18.6. The average Bonchev–Trinajstić information content (AvgIpc) is 3.01. The Kier molecular flexibility index (Phi) is 3.67. The van der Waals surface area contributed by atoms with Crippen molar-refractivity contribution in [2.45, 2.75) is 25.7 Å². The third-order valence-corrected chi connectivity index (χ3v) is 3.97. The number of aryl methyl sites for hydroxylation is 1. The molecule has 0 radical (unpaired) electrons. The lowest BCUT2D eigenvalue weighted by Crippen LogP contribution is -2.23. The molecular formula is C18H17NO3. The van der Waals surface area contributed by atoms with Crippen LogP contribution in [-0.4, -0.2) is 16.6 Å².